The van der Waals surface area contributed by atoms with Crippen molar-refractivity contribution in [2.24, 2.45) is 0 Å². The van der Waals surface area contributed by atoms with Crippen LogP contribution < -0.4 is 9.47 Å². The number of aliphatic hydroxyl groups excluding tert-OH is 1. The van der Waals surface area contributed by atoms with Crippen LogP contribution in [0.4, 0.5) is 0 Å². The summed E-state index contributed by atoms with van der Waals surface area (Å²) in [7, 11) is 3.16. The molecule has 0 saturated carbocycles. The van der Waals surface area contributed by atoms with Crippen LogP contribution in [0.1, 0.15) is 17.2 Å². The molecule has 3 nitrogen and oxygen atoms in total. The molecule has 2 aromatic rings. The van der Waals surface area contributed by atoms with E-state index in [1.54, 1.807) is 26.4 Å². The second kappa shape index (κ2) is 6.26. The first kappa shape index (κ1) is 14.8. The van der Waals surface area contributed by atoms with Gasteiger partial charge in [-0.15, -0.1) is 11.3 Å². The van der Waals surface area contributed by atoms with Gasteiger partial charge in [0.1, 0.15) is 22.1 Å². The highest BCUT2D eigenvalue weighted by molar-refractivity contribution is 9.11. The van der Waals surface area contributed by atoms with Crippen molar-refractivity contribution in [2.75, 3.05) is 14.2 Å². The average molecular weight is 408 g/mol. The molecular weight excluding hydrogens is 396 g/mol. The van der Waals surface area contributed by atoms with Gasteiger partial charge in [0, 0.05) is 5.56 Å². The van der Waals surface area contributed by atoms with E-state index in [4.69, 9.17) is 9.47 Å². The third-order valence-corrected chi connectivity index (χ3v) is 4.99. The van der Waals surface area contributed by atoms with E-state index in [0.29, 0.717) is 21.5 Å². The molecular formula is C13H12Br2O3S. The fourth-order valence-electron chi connectivity index (χ4n) is 1.78. The Labute approximate surface area is 132 Å². The number of thiophene rings is 1. The van der Waals surface area contributed by atoms with Crippen molar-refractivity contribution >= 4 is 43.2 Å². The molecule has 0 radical (unpaired) electrons. The Bertz CT molecular complexity index is 583. The van der Waals surface area contributed by atoms with Crippen molar-refractivity contribution in [3.8, 4) is 11.5 Å². The van der Waals surface area contributed by atoms with E-state index >= 15 is 0 Å². The van der Waals surface area contributed by atoms with E-state index in [-0.39, 0.29) is 0 Å². The lowest BCUT2D eigenvalue weighted by molar-refractivity contribution is 0.214. The van der Waals surface area contributed by atoms with Crippen LogP contribution in [0.3, 0.4) is 0 Å². The Morgan fingerprint density at radius 2 is 1.95 bits per heavy atom. The van der Waals surface area contributed by atoms with Crippen LogP contribution in [0.2, 0.25) is 0 Å². The second-order valence-electron chi connectivity index (χ2n) is 3.79. The van der Waals surface area contributed by atoms with Gasteiger partial charge in [-0.1, -0.05) is 0 Å². The first-order valence-corrected chi connectivity index (χ1v) is 7.87. The molecule has 0 saturated heterocycles. The number of halogens is 2. The van der Waals surface area contributed by atoms with Gasteiger partial charge in [0.2, 0.25) is 0 Å². The normalized spacial score (nSPS) is 12.3. The summed E-state index contributed by atoms with van der Waals surface area (Å²) < 4.78 is 12.3. The zero-order valence-electron chi connectivity index (χ0n) is 10.3. The SMILES string of the molecule is COc1ccc(C(O)c2csc(Br)c2)c(OC)c1Br. The molecule has 0 aliphatic rings. The number of hydrogen-bond acceptors (Lipinski definition) is 4. The summed E-state index contributed by atoms with van der Waals surface area (Å²) in [6, 6.07) is 5.50. The molecule has 0 amide bonds. The monoisotopic (exact) mass is 406 g/mol. The number of aliphatic hydroxyl groups is 1. The lowest BCUT2D eigenvalue weighted by Gasteiger charge is -2.17. The number of methoxy groups -OCH3 is 2. The third-order valence-electron chi connectivity index (χ3n) is 2.71. The van der Waals surface area contributed by atoms with Crippen molar-refractivity contribution in [3.63, 3.8) is 0 Å². The molecule has 19 heavy (non-hydrogen) atoms. The number of rotatable bonds is 4. The molecule has 1 aromatic carbocycles. The average Bonchev–Trinajstić information content (AvgIpc) is 2.84. The van der Waals surface area contributed by atoms with Crippen molar-refractivity contribution in [3.05, 3.63) is 43.0 Å². The molecule has 0 aliphatic carbocycles. The summed E-state index contributed by atoms with van der Waals surface area (Å²) in [4.78, 5) is 0. The van der Waals surface area contributed by atoms with Crippen molar-refractivity contribution in [1.29, 1.82) is 0 Å². The van der Waals surface area contributed by atoms with Crippen LogP contribution in [0.15, 0.2) is 31.8 Å². The highest BCUT2D eigenvalue weighted by Gasteiger charge is 2.20. The summed E-state index contributed by atoms with van der Waals surface area (Å²) in [5, 5.41) is 12.4. The fraction of sp³-hybridized carbons (Fsp3) is 0.231. The quantitative estimate of drug-likeness (QED) is 0.817. The molecule has 0 spiro atoms. The maximum Gasteiger partial charge on any atom is 0.142 e. The number of hydrogen-bond donors (Lipinski definition) is 1. The topological polar surface area (TPSA) is 38.7 Å². The van der Waals surface area contributed by atoms with Gasteiger partial charge in [0.15, 0.2) is 0 Å². The lowest BCUT2D eigenvalue weighted by Crippen LogP contribution is -2.02. The van der Waals surface area contributed by atoms with E-state index < -0.39 is 6.10 Å². The predicted octanol–water partition coefficient (Wildman–Crippen LogP) is 4.37. The van der Waals surface area contributed by atoms with Gasteiger partial charge in [-0.3, -0.25) is 0 Å². The van der Waals surface area contributed by atoms with Crippen LogP contribution in [-0.2, 0) is 0 Å². The van der Waals surface area contributed by atoms with Crippen molar-refractivity contribution in [2.45, 2.75) is 6.10 Å². The Morgan fingerprint density at radius 1 is 1.21 bits per heavy atom. The zero-order chi connectivity index (χ0) is 14.0. The highest BCUT2D eigenvalue weighted by Crippen LogP contribution is 2.42. The largest absolute Gasteiger partial charge is 0.495 e. The van der Waals surface area contributed by atoms with Crippen molar-refractivity contribution in [1.82, 2.24) is 0 Å². The predicted molar refractivity (Wildman–Crippen MR) is 83.3 cm³/mol. The van der Waals surface area contributed by atoms with E-state index in [1.165, 1.54) is 11.3 Å². The Balaban J connectivity index is 2.47. The molecule has 102 valence electrons. The summed E-state index contributed by atoms with van der Waals surface area (Å²) in [6.07, 6.45) is -0.736. The molecule has 0 aliphatic heterocycles. The van der Waals surface area contributed by atoms with Crippen molar-refractivity contribution < 1.29 is 14.6 Å². The second-order valence-corrected chi connectivity index (χ2v) is 6.87. The first-order valence-electron chi connectivity index (χ1n) is 5.40. The van der Waals surface area contributed by atoms with E-state index in [2.05, 4.69) is 31.9 Å². The summed E-state index contributed by atoms with van der Waals surface area (Å²) in [5.41, 5.74) is 1.52. The van der Waals surface area contributed by atoms with Gasteiger partial charge >= 0.3 is 0 Å². The minimum absolute atomic E-state index is 0.578. The molecule has 1 atom stereocenters. The highest BCUT2D eigenvalue weighted by atomic mass is 79.9. The maximum absolute atomic E-state index is 10.4. The first-order chi connectivity index (χ1) is 9.08. The minimum Gasteiger partial charge on any atom is -0.495 e. The number of benzene rings is 1. The third kappa shape index (κ3) is 2.97. The van der Waals surface area contributed by atoms with Gasteiger partial charge in [-0.25, -0.2) is 0 Å². The van der Waals surface area contributed by atoms with E-state index in [1.807, 2.05) is 11.4 Å². The van der Waals surface area contributed by atoms with E-state index in [9.17, 15) is 5.11 Å². The molecule has 1 unspecified atom stereocenters. The number of ether oxygens (including phenoxy) is 2. The van der Waals surface area contributed by atoms with Crippen LogP contribution in [-0.4, -0.2) is 19.3 Å². The lowest BCUT2D eigenvalue weighted by atomic mass is 10.0. The van der Waals surface area contributed by atoms with Crippen LogP contribution in [0.25, 0.3) is 0 Å². The molecule has 2 rings (SSSR count). The van der Waals surface area contributed by atoms with Crippen LogP contribution in [0.5, 0.6) is 11.5 Å². The van der Waals surface area contributed by atoms with E-state index in [0.717, 1.165) is 9.35 Å². The summed E-state index contributed by atoms with van der Waals surface area (Å²) in [6.45, 7) is 0. The van der Waals surface area contributed by atoms with Gasteiger partial charge < -0.3 is 14.6 Å². The van der Waals surface area contributed by atoms with Gasteiger partial charge in [0.25, 0.3) is 0 Å². The Kier molecular flexibility index (Phi) is 4.89. The van der Waals surface area contributed by atoms with Crippen LogP contribution >= 0.6 is 43.2 Å². The summed E-state index contributed by atoms with van der Waals surface area (Å²) >= 11 is 8.36. The molecule has 0 bridgehead atoms. The molecule has 6 heteroatoms. The zero-order valence-corrected chi connectivity index (χ0v) is 14.3. The molecule has 1 N–H and O–H groups in total. The van der Waals surface area contributed by atoms with Gasteiger partial charge in [-0.05, 0) is 61.0 Å². The maximum atomic E-state index is 10.4. The molecule has 1 aromatic heterocycles. The Hall–Kier alpha value is -0.560. The fourth-order valence-corrected chi connectivity index (χ4v) is 3.66. The molecule has 0 fully saturated rings. The van der Waals surface area contributed by atoms with Gasteiger partial charge in [-0.2, -0.15) is 0 Å². The Morgan fingerprint density at radius 3 is 2.47 bits per heavy atom. The smallest absolute Gasteiger partial charge is 0.142 e. The van der Waals surface area contributed by atoms with Gasteiger partial charge in [0.05, 0.1) is 18.0 Å². The standard InChI is InChI=1S/C13H12Br2O3S/c1-17-9-4-3-8(13(18-2)11(9)15)12(16)7-5-10(14)19-6-7/h3-6,12,16H,1-2H3. The minimum atomic E-state index is -0.736. The summed E-state index contributed by atoms with van der Waals surface area (Å²) in [5.74, 6) is 1.24. The molecule has 1 heterocycles. The van der Waals surface area contributed by atoms with Crippen LogP contribution in [0, 0.1) is 0 Å².